The van der Waals surface area contributed by atoms with E-state index in [-0.39, 0.29) is 38.9 Å². The van der Waals surface area contributed by atoms with E-state index in [1.807, 2.05) is 19.9 Å². The Morgan fingerprint density at radius 2 is 1.73 bits per heavy atom. The molecule has 0 fully saturated rings. The van der Waals surface area contributed by atoms with Gasteiger partial charge in [0.15, 0.2) is 17.2 Å². The van der Waals surface area contributed by atoms with Crippen LogP contribution in [-0.2, 0) is 14.3 Å². The summed E-state index contributed by atoms with van der Waals surface area (Å²) < 4.78 is 9.93. The van der Waals surface area contributed by atoms with Crippen LogP contribution in [0.2, 0.25) is 10.0 Å². The molecule has 0 aromatic heterocycles. The molecule has 0 radical (unpaired) electrons. The molecule has 0 saturated heterocycles. The van der Waals surface area contributed by atoms with E-state index in [9.17, 15) is 14.7 Å². The number of aromatic hydroxyl groups is 1. The van der Waals surface area contributed by atoms with Crippen molar-refractivity contribution in [2.24, 2.45) is 0 Å². The molecule has 6 nitrogen and oxygen atoms in total. The first-order valence-electron chi connectivity index (χ1n) is 7.62. The summed E-state index contributed by atoms with van der Waals surface area (Å²) >= 11 is 12.3. The summed E-state index contributed by atoms with van der Waals surface area (Å²) in [5, 5.41) is 12.6. The molecule has 8 heteroatoms. The highest BCUT2D eigenvalue weighted by Gasteiger charge is 2.18. The number of rotatable bonds is 4. The first-order valence-corrected chi connectivity index (χ1v) is 8.37. The first kappa shape index (κ1) is 19.9. The van der Waals surface area contributed by atoms with Gasteiger partial charge in [0.05, 0.1) is 17.2 Å². The van der Waals surface area contributed by atoms with Crippen LogP contribution >= 0.6 is 23.2 Å². The van der Waals surface area contributed by atoms with Crippen LogP contribution in [0.3, 0.4) is 0 Å². The van der Waals surface area contributed by atoms with Crippen LogP contribution < -0.4 is 10.1 Å². The highest BCUT2D eigenvalue weighted by Crippen LogP contribution is 2.41. The number of carbonyl (C=O) groups is 2. The molecule has 0 atom stereocenters. The number of phenolic OH excluding ortho intramolecular Hbond substituents is 1. The van der Waals surface area contributed by atoms with E-state index in [0.29, 0.717) is 0 Å². The summed E-state index contributed by atoms with van der Waals surface area (Å²) in [6, 6.07) is 7.77. The van der Waals surface area contributed by atoms with Crippen LogP contribution in [0.1, 0.15) is 25.3 Å². The Labute approximate surface area is 160 Å². The predicted octanol–water partition coefficient (Wildman–Crippen LogP) is 4.73. The highest BCUT2D eigenvalue weighted by molar-refractivity contribution is 6.39. The molecule has 0 saturated carbocycles. The van der Waals surface area contributed by atoms with Gasteiger partial charge >= 0.3 is 11.9 Å². The number of anilines is 1. The maximum absolute atomic E-state index is 11.5. The Hall–Kier alpha value is -2.44. The van der Waals surface area contributed by atoms with Crippen LogP contribution in [-0.4, -0.2) is 24.1 Å². The normalized spacial score (nSPS) is 10.5. The maximum atomic E-state index is 11.5. The van der Waals surface area contributed by atoms with E-state index in [0.717, 1.165) is 12.7 Å². The lowest BCUT2D eigenvalue weighted by atomic mass is 10.0. The molecule has 2 aromatic rings. The van der Waals surface area contributed by atoms with Crippen molar-refractivity contribution in [3.05, 3.63) is 45.9 Å². The number of esters is 1. The van der Waals surface area contributed by atoms with Gasteiger partial charge in [0, 0.05) is 5.69 Å². The SMILES string of the molecule is COC(=O)C(=O)Nc1cc(Cl)c(Oc2ccc(C(C)C)cc2O)c(Cl)c1. The van der Waals surface area contributed by atoms with Crippen LogP contribution in [0.5, 0.6) is 17.2 Å². The zero-order valence-electron chi connectivity index (χ0n) is 14.3. The highest BCUT2D eigenvalue weighted by atomic mass is 35.5. The lowest BCUT2D eigenvalue weighted by molar-refractivity contribution is -0.150. The van der Waals surface area contributed by atoms with Crippen molar-refractivity contribution in [1.29, 1.82) is 0 Å². The topological polar surface area (TPSA) is 84.9 Å². The molecule has 0 unspecified atom stereocenters. The number of nitrogens with one attached hydrogen (secondary N) is 1. The minimum absolute atomic E-state index is 0.0496. The molecule has 2 aromatic carbocycles. The minimum atomic E-state index is -1.05. The van der Waals surface area contributed by atoms with Gasteiger partial charge in [0.1, 0.15) is 0 Å². The van der Waals surface area contributed by atoms with Crippen LogP contribution in [0.25, 0.3) is 0 Å². The third-order valence-corrected chi connectivity index (χ3v) is 4.05. The lowest BCUT2D eigenvalue weighted by Crippen LogP contribution is -2.23. The van der Waals surface area contributed by atoms with E-state index in [1.165, 1.54) is 12.1 Å². The molecular weight excluding hydrogens is 381 g/mol. The Morgan fingerprint density at radius 3 is 2.23 bits per heavy atom. The average molecular weight is 398 g/mol. The third-order valence-electron chi connectivity index (χ3n) is 3.49. The second kappa shape index (κ2) is 8.29. The summed E-state index contributed by atoms with van der Waals surface area (Å²) in [5.74, 6) is -1.52. The fraction of sp³-hybridized carbons (Fsp3) is 0.222. The number of phenols is 1. The molecule has 0 heterocycles. The zero-order chi connectivity index (χ0) is 19.4. The molecule has 26 heavy (non-hydrogen) atoms. The largest absolute Gasteiger partial charge is 0.504 e. The van der Waals surface area contributed by atoms with Gasteiger partial charge in [-0.3, -0.25) is 4.79 Å². The molecule has 138 valence electrons. The summed E-state index contributed by atoms with van der Waals surface area (Å²) in [6.07, 6.45) is 0. The smallest absolute Gasteiger partial charge is 0.396 e. The monoisotopic (exact) mass is 397 g/mol. The van der Waals surface area contributed by atoms with Crippen molar-refractivity contribution in [3.8, 4) is 17.2 Å². The molecule has 2 N–H and O–H groups in total. The number of hydrogen-bond donors (Lipinski definition) is 2. The summed E-state index contributed by atoms with van der Waals surface area (Å²) in [6.45, 7) is 4.01. The number of carbonyl (C=O) groups excluding carboxylic acids is 2. The van der Waals surface area contributed by atoms with Gasteiger partial charge in [-0.15, -0.1) is 0 Å². The van der Waals surface area contributed by atoms with Crippen molar-refractivity contribution in [1.82, 2.24) is 0 Å². The van der Waals surface area contributed by atoms with E-state index in [1.54, 1.807) is 12.1 Å². The van der Waals surface area contributed by atoms with Crippen molar-refractivity contribution in [3.63, 3.8) is 0 Å². The van der Waals surface area contributed by atoms with Crippen molar-refractivity contribution < 1.29 is 24.2 Å². The summed E-state index contributed by atoms with van der Waals surface area (Å²) in [7, 11) is 1.09. The van der Waals surface area contributed by atoms with Gasteiger partial charge < -0.3 is 19.9 Å². The average Bonchev–Trinajstić information content (AvgIpc) is 2.58. The van der Waals surface area contributed by atoms with Gasteiger partial charge in [-0.05, 0) is 35.7 Å². The molecule has 0 spiro atoms. The van der Waals surface area contributed by atoms with Crippen LogP contribution in [0, 0.1) is 0 Å². The van der Waals surface area contributed by atoms with Gasteiger partial charge in [0.25, 0.3) is 0 Å². The zero-order valence-corrected chi connectivity index (χ0v) is 15.8. The predicted molar refractivity (Wildman–Crippen MR) is 99.4 cm³/mol. The second-order valence-corrected chi connectivity index (χ2v) is 6.51. The molecule has 0 bridgehead atoms. The van der Waals surface area contributed by atoms with Crippen LogP contribution in [0.15, 0.2) is 30.3 Å². The quantitative estimate of drug-likeness (QED) is 0.575. The Bertz CT molecular complexity index is 828. The van der Waals surface area contributed by atoms with E-state index >= 15 is 0 Å². The lowest BCUT2D eigenvalue weighted by Gasteiger charge is -2.14. The fourth-order valence-electron chi connectivity index (χ4n) is 2.09. The van der Waals surface area contributed by atoms with Gasteiger partial charge in [-0.25, -0.2) is 4.79 Å². The number of benzene rings is 2. The van der Waals surface area contributed by atoms with E-state index in [2.05, 4.69) is 10.1 Å². The molecule has 2 rings (SSSR count). The minimum Gasteiger partial charge on any atom is -0.504 e. The van der Waals surface area contributed by atoms with Crippen molar-refractivity contribution >= 4 is 40.8 Å². The van der Waals surface area contributed by atoms with Gasteiger partial charge in [-0.1, -0.05) is 43.1 Å². The number of hydrogen-bond acceptors (Lipinski definition) is 5. The van der Waals surface area contributed by atoms with Crippen LogP contribution in [0.4, 0.5) is 5.69 Å². The Morgan fingerprint density at radius 1 is 1.12 bits per heavy atom. The molecule has 1 amide bonds. The third kappa shape index (κ3) is 4.59. The van der Waals surface area contributed by atoms with Crippen molar-refractivity contribution in [2.45, 2.75) is 19.8 Å². The number of ether oxygens (including phenoxy) is 2. The number of halogens is 2. The number of amides is 1. The van der Waals surface area contributed by atoms with E-state index < -0.39 is 11.9 Å². The molecule has 0 aliphatic rings. The Balaban J connectivity index is 2.26. The summed E-state index contributed by atoms with van der Waals surface area (Å²) in [4.78, 5) is 22.7. The van der Waals surface area contributed by atoms with Gasteiger partial charge in [0.2, 0.25) is 0 Å². The standard InChI is InChI=1S/C18H17Cl2NO5/c1-9(2)10-4-5-15(14(22)6-10)26-16-12(19)7-11(8-13(16)20)21-17(23)18(24)25-3/h4-9,22H,1-3H3,(H,21,23). The maximum Gasteiger partial charge on any atom is 0.396 e. The molecule has 0 aliphatic heterocycles. The second-order valence-electron chi connectivity index (χ2n) is 5.70. The fourth-order valence-corrected chi connectivity index (χ4v) is 2.66. The first-order chi connectivity index (χ1) is 12.2. The molecular formula is C18H17Cl2NO5. The van der Waals surface area contributed by atoms with E-state index in [4.69, 9.17) is 27.9 Å². The molecule has 0 aliphatic carbocycles. The Kier molecular flexibility index (Phi) is 6.34. The van der Waals surface area contributed by atoms with Gasteiger partial charge in [-0.2, -0.15) is 0 Å². The number of methoxy groups -OCH3 is 1. The van der Waals surface area contributed by atoms with Crippen molar-refractivity contribution in [2.75, 3.05) is 12.4 Å². The summed E-state index contributed by atoms with van der Waals surface area (Å²) in [5.41, 5.74) is 1.15.